The maximum Gasteiger partial charge on any atom is 0.231 e. The lowest BCUT2D eigenvalue weighted by atomic mass is 9.94. The molecule has 0 spiro atoms. The molecule has 1 aromatic rings. The van der Waals surface area contributed by atoms with E-state index in [0.717, 1.165) is 44.7 Å². The van der Waals surface area contributed by atoms with Gasteiger partial charge in [-0.2, -0.15) is 5.10 Å². The van der Waals surface area contributed by atoms with E-state index in [-0.39, 0.29) is 11.8 Å². The van der Waals surface area contributed by atoms with Gasteiger partial charge in [0.25, 0.3) is 0 Å². The lowest BCUT2D eigenvalue weighted by molar-refractivity contribution is -0.119. The minimum atomic E-state index is -0.0259. The first kappa shape index (κ1) is 17.4. The molecule has 0 aromatic carbocycles. The summed E-state index contributed by atoms with van der Waals surface area (Å²) in [5, 5.41) is 7.52. The molecule has 1 unspecified atom stereocenters. The van der Waals surface area contributed by atoms with Crippen LogP contribution < -0.4 is 5.32 Å². The third-order valence-electron chi connectivity index (χ3n) is 4.82. The summed E-state index contributed by atoms with van der Waals surface area (Å²) >= 11 is 0. The molecule has 24 heavy (non-hydrogen) atoms. The molecule has 1 aromatic heterocycles. The number of hydrogen-bond acceptors (Lipinski definition) is 4. The predicted octanol–water partition coefficient (Wildman–Crippen LogP) is 2.54. The third-order valence-corrected chi connectivity index (χ3v) is 4.82. The number of hydrogen-bond donors (Lipinski definition) is 1. The maximum atomic E-state index is 12.3. The second kappa shape index (κ2) is 7.23. The number of carbonyl (C=O) groups excluding carboxylic acids is 1. The van der Waals surface area contributed by atoms with Crippen LogP contribution in [0.25, 0.3) is 0 Å². The van der Waals surface area contributed by atoms with Crippen molar-refractivity contribution >= 4 is 11.7 Å². The van der Waals surface area contributed by atoms with Crippen molar-refractivity contribution in [2.45, 2.75) is 46.1 Å². The first-order chi connectivity index (χ1) is 11.4. The summed E-state index contributed by atoms with van der Waals surface area (Å²) in [6.45, 7) is 11.4. The number of likely N-dealkylation sites (tertiary alicyclic amines) is 1. The van der Waals surface area contributed by atoms with Gasteiger partial charge in [-0.1, -0.05) is 20.8 Å². The average molecular weight is 334 g/mol. The number of nitrogens with one attached hydrogen (secondary N) is 1. The molecule has 2 aliphatic heterocycles. The minimum absolute atomic E-state index is 0.0259. The zero-order valence-electron chi connectivity index (χ0n) is 15.1. The fraction of sp³-hybridized carbons (Fsp3) is 0.778. The number of nitrogens with zero attached hydrogens (tertiary/aromatic N) is 3. The summed E-state index contributed by atoms with van der Waals surface area (Å²) in [6, 6.07) is 2.27. The highest BCUT2D eigenvalue weighted by molar-refractivity contribution is 5.92. The molecule has 2 aliphatic rings. The van der Waals surface area contributed by atoms with Gasteiger partial charge in [-0.05, 0) is 24.7 Å². The molecule has 2 fully saturated rings. The highest BCUT2D eigenvalue weighted by Gasteiger charge is 2.27. The van der Waals surface area contributed by atoms with Gasteiger partial charge < -0.3 is 15.0 Å². The fourth-order valence-corrected chi connectivity index (χ4v) is 3.67. The van der Waals surface area contributed by atoms with Crippen molar-refractivity contribution in [1.82, 2.24) is 14.7 Å². The molecule has 0 bridgehead atoms. The molecule has 3 heterocycles. The Bertz CT molecular complexity index is 550. The van der Waals surface area contributed by atoms with Gasteiger partial charge in [0.2, 0.25) is 5.91 Å². The summed E-state index contributed by atoms with van der Waals surface area (Å²) in [6.07, 6.45) is 4.74. The van der Waals surface area contributed by atoms with Crippen LogP contribution in [0, 0.1) is 11.3 Å². The van der Waals surface area contributed by atoms with Crippen LogP contribution in [0.4, 0.5) is 5.82 Å². The van der Waals surface area contributed by atoms with Crippen LogP contribution >= 0.6 is 0 Å². The Kier molecular flexibility index (Phi) is 5.25. The van der Waals surface area contributed by atoms with Crippen molar-refractivity contribution in [3.8, 4) is 0 Å². The van der Waals surface area contributed by atoms with Gasteiger partial charge in [-0.3, -0.25) is 4.79 Å². The molecular weight excluding hydrogens is 304 g/mol. The van der Waals surface area contributed by atoms with Crippen LogP contribution in [-0.4, -0.2) is 53.4 Å². The lowest BCUT2D eigenvalue weighted by Gasteiger charge is -2.36. The van der Waals surface area contributed by atoms with Gasteiger partial charge in [0, 0.05) is 32.3 Å². The van der Waals surface area contributed by atoms with Crippen molar-refractivity contribution < 1.29 is 9.53 Å². The summed E-state index contributed by atoms with van der Waals surface area (Å²) < 4.78 is 7.31. The molecule has 0 radical (unpaired) electrons. The quantitative estimate of drug-likeness (QED) is 0.919. The van der Waals surface area contributed by atoms with Crippen molar-refractivity contribution in [1.29, 1.82) is 0 Å². The van der Waals surface area contributed by atoms with E-state index >= 15 is 0 Å². The number of carbonyl (C=O) groups is 1. The Balaban J connectivity index is 1.57. The van der Waals surface area contributed by atoms with E-state index < -0.39 is 0 Å². The van der Waals surface area contributed by atoms with Crippen molar-refractivity contribution in [2.24, 2.45) is 11.3 Å². The minimum Gasteiger partial charge on any atom is -0.381 e. The number of amides is 1. The molecule has 1 N–H and O–H groups in total. The van der Waals surface area contributed by atoms with E-state index in [1.807, 2.05) is 10.7 Å². The molecule has 6 nitrogen and oxygen atoms in total. The number of ether oxygens (including phenoxy) is 1. The lowest BCUT2D eigenvalue weighted by Crippen LogP contribution is -2.40. The molecule has 2 saturated heterocycles. The second-order valence-electron chi connectivity index (χ2n) is 8.28. The van der Waals surface area contributed by atoms with Gasteiger partial charge in [0.1, 0.15) is 5.82 Å². The van der Waals surface area contributed by atoms with Crippen molar-refractivity contribution in [3.05, 3.63) is 12.3 Å². The normalized spacial score (nSPS) is 23.5. The molecule has 6 heteroatoms. The van der Waals surface area contributed by atoms with Crippen LogP contribution in [-0.2, 0) is 9.53 Å². The highest BCUT2D eigenvalue weighted by atomic mass is 16.5. The van der Waals surface area contributed by atoms with Crippen LogP contribution in [0.15, 0.2) is 12.3 Å². The van der Waals surface area contributed by atoms with Crippen LogP contribution in [0.1, 0.15) is 46.1 Å². The molecular formula is C18H30N4O2. The fourth-order valence-electron chi connectivity index (χ4n) is 3.67. The SMILES string of the molecule is CC(C)(C)CN1CCC(n2nccc2NC(=O)C2CCOC2)CC1. The van der Waals surface area contributed by atoms with E-state index in [1.165, 1.54) is 0 Å². The van der Waals surface area contributed by atoms with Gasteiger partial charge in [0.15, 0.2) is 0 Å². The van der Waals surface area contributed by atoms with Crippen LogP contribution in [0.3, 0.4) is 0 Å². The van der Waals surface area contributed by atoms with Gasteiger partial charge in [-0.15, -0.1) is 0 Å². The van der Waals surface area contributed by atoms with E-state index in [2.05, 4.69) is 36.1 Å². The number of anilines is 1. The zero-order chi connectivity index (χ0) is 17.2. The Morgan fingerprint density at radius 1 is 1.33 bits per heavy atom. The first-order valence-electron chi connectivity index (χ1n) is 9.07. The van der Waals surface area contributed by atoms with E-state index in [4.69, 9.17) is 4.74 Å². The number of aromatic nitrogens is 2. The van der Waals surface area contributed by atoms with Crippen LogP contribution in [0.2, 0.25) is 0 Å². The van der Waals surface area contributed by atoms with E-state index in [1.54, 1.807) is 6.20 Å². The summed E-state index contributed by atoms with van der Waals surface area (Å²) in [7, 11) is 0. The van der Waals surface area contributed by atoms with Gasteiger partial charge in [0.05, 0.1) is 24.8 Å². The molecule has 1 amide bonds. The zero-order valence-corrected chi connectivity index (χ0v) is 15.1. The average Bonchev–Trinajstić information content (AvgIpc) is 3.17. The monoisotopic (exact) mass is 334 g/mol. The molecule has 1 atom stereocenters. The van der Waals surface area contributed by atoms with Gasteiger partial charge >= 0.3 is 0 Å². The first-order valence-corrected chi connectivity index (χ1v) is 9.07. The second-order valence-corrected chi connectivity index (χ2v) is 8.28. The van der Waals surface area contributed by atoms with Gasteiger partial charge in [-0.25, -0.2) is 4.68 Å². The standard InChI is InChI=1S/C18H30N4O2/c1-18(2,3)13-21-9-5-15(6-10-21)22-16(4-8-19-22)20-17(23)14-7-11-24-12-14/h4,8,14-15H,5-7,9-13H2,1-3H3,(H,20,23). The third kappa shape index (κ3) is 4.36. The maximum absolute atomic E-state index is 12.3. The highest BCUT2D eigenvalue weighted by Crippen LogP contribution is 2.27. The van der Waals surface area contributed by atoms with E-state index in [9.17, 15) is 4.79 Å². The van der Waals surface area contributed by atoms with E-state index in [0.29, 0.717) is 24.7 Å². The molecule has 3 rings (SSSR count). The van der Waals surface area contributed by atoms with Crippen LogP contribution in [0.5, 0.6) is 0 Å². The Labute approximate surface area is 144 Å². The molecule has 0 aliphatic carbocycles. The topological polar surface area (TPSA) is 59.4 Å². The molecule has 134 valence electrons. The summed E-state index contributed by atoms with van der Waals surface area (Å²) in [4.78, 5) is 14.9. The predicted molar refractivity (Wildman–Crippen MR) is 93.9 cm³/mol. The van der Waals surface area contributed by atoms with Crippen molar-refractivity contribution in [3.63, 3.8) is 0 Å². The molecule has 0 saturated carbocycles. The number of piperidine rings is 1. The van der Waals surface area contributed by atoms with Crippen molar-refractivity contribution in [2.75, 3.05) is 38.2 Å². The Morgan fingerprint density at radius 3 is 2.71 bits per heavy atom. The Hall–Kier alpha value is -1.40. The largest absolute Gasteiger partial charge is 0.381 e. The summed E-state index contributed by atoms with van der Waals surface area (Å²) in [5.41, 5.74) is 0.334. The summed E-state index contributed by atoms with van der Waals surface area (Å²) in [5.74, 6) is 0.850. The number of rotatable bonds is 4. The smallest absolute Gasteiger partial charge is 0.231 e. The Morgan fingerprint density at radius 2 is 2.08 bits per heavy atom.